The average molecular weight is 235 g/mol. The first-order valence-corrected chi connectivity index (χ1v) is 5.85. The van der Waals surface area contributed by atoms with Crippen molar-refractivity contribution in [2.75, 3.05) is 23.7 Å². The molecule has 0 radical (unpaired) electrons. The van der Waals surface area contributed by atoms with E-state index in [4.69, 9.17) is 10.8 Å². The molecular formula is C12H17N3O2. The Morgan fingerprint density at radius 2 is 2.35 bits per heavy atom. The molecule has 5 nitrogen and oxygen atoms in total. The Balaban J connectivity index is 2.30. The van der Waals surface area contributed by atoms with Crippen LogP contribution in [0.4, 0.5) is 11.5 Å². The van der Waals surface area contributed by atoms with E-state index in [0.717, 1.165) is 13.1 Å². The monoisotopic (exact) mass is 235 g/mol. The van der Waals surface area contributed by atoms with Crippen molar-refractivity contribution in [2.24, 2.45) is 5.92 Å². The second kappa shape index (κ2) is 4.61. The number of nitrogens with two attached hydrogens (primary N) is 1. The Kier molecular flexibility index (Phi) is 3.17. The topological polar surface area (TPSA) is 79.5 Å². The highest BCUT2D eigenvalue weighted by Gasteiger charge is 2.26. The smallest absolute Gasteiger partial charge is 0.339 e. The molecule has 92 valence electrons. The predicted molar refractivity (Wildman–Crippen MR) is 66.2 cm³/mol. The molecule has 3 N–H and O–H groups in total. The van der Waals surface area contributed by atoms with E-state index in [1.165, 1.54) is 25.1 Å². The van der Waals surface area contributed by atoms with E-state index in [1.54, 1.807) is 0 Å². The molecule has 5 heteroatoms. The van der Waals surface area contributed by atoms with Crippen molar-refractivity contribution in [3.8, 4) is 0 Å². The molecule has 1 saturated carbocycles. The third-order valence-electron chi connectivity index (χ3n) is 2.97. The fourth-order valence-corrected chi connectivity index (χ4v) is 1.86. The average Bonchev–Trinajstić information content (AvgIpc) is 3.10. The lowest BCUT2D eigenvalue weighted by atomic mass is 10.2. The van der Waals surface area contributed by atoms with Crippen LogP contribution >= 0.6 is 0 Å². The summed E-state index contributed by atoms with van der Waals surface area (Å²) in [7, 11) is 0. The summed E-state index contributed by atoms with van der Waals surface area (Å²) in [6.45, 7) is 3.65. The van der Waals surface area contributed by atoms with Gasteiger partial charge in [0.05, 0.1) is 11.9 Å². The molecular weight excluding hydrogens is 218 g/mol. The second-order valence-corrected chi connectivity index (χ2v) is 4.43. The Hall–Kier alpha value is -1.78. The van der Waals surface area contributed by atoms with Gasteiger partial charge < -0.3 is 15.7 Å². The maximum Gasteiger partial charge on any atom is 0.339 e. The van der Waals surface area contributed by atoms with Gasteiger partial charge in [-0.2, -0.15) is 0 Å². The summed E-state index contributed by atoms with van der Waals surface area (Å²) in [6.07, 6.45) is 3.97. The fraction of sp³-hybridized carbons (Fsp3) is 0.500. The van der Waals surface area contributed by atoms with E-state index in [1.807, 2.05) is 11.8 Å². The van der Waals surface area contributed by atoms with Crippen LogP contribution in [0.3, 0.4) is 0 Å². The highest BCUT2D eigenvalue weighted by Crippen LogP contribution is 2.32. The van der Waals surface area contributed by atoms with E-state index in [9.17, 15) is 4.79 Å². The molecule has 0 aliphatic heterocycles. The number of carboxylic acid groups (broad SMARTS) is 1. The molecule has 0 bridgehead atoms. The van der Waals surface area contributed by atoms with E-state index in [-0.39, 0.29) is 5.56 Å². The molecule has 0 atom stereocenters. The Morgan fingerprint density at radius 3 is 2.88 bits per heavy atom. The van der Waals surface area contributed by atoms with Crippen molar-refractivity contribution in [3.05, 3.63) is 17.8 Å². The first-order chi connectivity index (χ1) is 8.11. The first-order valence-electron chi connectivity index (χ1n) is 5.85. The van der Waals surface area contributed by atoms with Crippen molar-refractivity contribution in [3.63, 3.8) is 0 Å². The summed E-state index contributed by atoms with van der Waals surface area (Å²) in [6, 6.07) is 1.47. The summed E-state index contributed by atoms with van der Waals surface area (Å²) < 4.78 is 0. The largest absolute Gasteiger partial charge is 0.478 e. The minimum atomic E-state index is -0.978. The Bertz CT molecular complexity index is 430. The van der Waals surface area contributed by atoms with E-state index in [0.29, 0.717) is 17.4 Å². The van der Waals surface area contributed by atoms with Crippen molar-refractivity contribution in [1.82, 2.24) is 4.98 Å². The van der Waals surface area contributed by atoms with Gasteiger partial charge in [-0.3, -0.25) is 0 Å². The van der Waals surface area contributed by atoms with Crippen molar-refractivity contribution in [2.45, 2.75) is 19.8 Å². The number of carboxylic acids is 1. The maximum absolute atomic E-state index is 11.2. The van der Waals surface area contributed by atoms with Crippen LogP contribution in [0.5, 0.6) is 0 Å². The van der Waals surface area contributed by atoms with Crippen LogP contribution in [0.15, 0.2) is 12.3 Å². The third-order valence-corrected chi connectivity index (χ3v) is 2.97. The fourth-order valence-electron chi connectivity index (χ4n) is 1.86. The lowest BCUT2D eigenvalue weighted by molar-refractivity contribution is 0.0697. The number of rotatable bonds is 5. The van der Waals surface area contributed by atoms with Crippen LogP contribution in [-0.2, 0) is 0 Å². The van der Waals surface area contributed by atoms with Gasteiger partial charge in [0.15, 0.2) is 0 Å². The number of nitrogens with zero attached hydrogens (tertiary/aromatic N) is 2. The normalized spacial score (nSPS) is 14.6. The van der Waals surface area contributed by atoms with Crippen LogP contribution in [0.25, 0.3) is 0 Å². The van der Waals surface area contributed by atoms with Crippen LogP contribution in [0.2, 0.25) is 0 Å². The molecule has 0 aromatic carbocycles. The molecule has 1 fully saturated rings. The molecule has 1 aliphatic carbocycles. The predicted octanol–water partition coefficient (Wildman–Crippen LogP) is 1.60. The number of hydrogen-bond acceptors (Lipinski definition) is 4. The summed E-state index contributed by atoms with van der Waals surface area (Å²) in [5.74, 6) is 0.242. The number of carbonyl (C=O) groups is 1. The molecule has 2 rings (SSSR count). The number of aromatic carboxylic acids is 1. The zero-order chi connectivity index (χ0) is 12.4. The van der Waals surface area contributed by atoms with Gasteiger partial charge in [-0.25, -0.2) is 9.78 Å². The summed E-state index contributed by atoms with van der Waals surface area (Å²) in [5, 5.41) is 9.16. The molecule has 1 aromatic heterocycles. The minimum absolute atomic E-state index is 0.188. The highest BCUT2D eigenvalue weighted by atomic mass is 16.4. The Labute approximate surface area is 100 Å². The quantitative estimate of drug-likeness (QED) is 0.810. The number of anilines is 2. The number of aromatic nitrogens is 1. The molecule has 1 heterocycles. The molecule has 0 amide bonds. The zero-order valence-electron chi connectivity index (χ0n) is 9.89. The van der Waals surface area contributed by atoms with Gasteiger partial charge in [0.25, 0.3) is 0 Å². The summed E-state index contributed by atoms with van der Waals surface area (Å²) in [5.41, 5.74) is 6.15. The zero-order valence-corrected chi connectivity index (χ0v) is 9.89. The highest BCUT2D eigenvalue weighted by molar-refractivity contribution is 5.94. The Morgan fingerprint density at radius 1 is 1.65 bits per heavy atom. The molecule has 17 heavy (non-hydrogen) atoms. The summed E-state index contributed by atoms with van der Waals surface area (Å²) >= 11 is 0. The second-order valence-electron chi connectivity index (χ2n) is 4.43. The maximum atomic E-state index is 11.2. The minimum Gasteiger partial charge on any atom is -0.478 e. The standard InChI is InChI=1S/C12H17N3O2/c1-2-15(7-8-3-4-8)11-10(12(16)17)5-9(13)6-14-11/h5-6,8H,2-4,7,13H2,1H3,(H,16,17). The van der Waals surface area contributed by atoms with Gasteiger partial charge in [-0.05, 0) is 31.7 Å². The van der Waals surface area contributed by atoms with Crippen LogP contribution in [0.1, 0.15) is 30.1 Å². The van der Waals surface area contributed by atoms with Crippen LogP contribution in [-0.4, -0.2) is 29.1 Å². The number of pyridine rings is 1. The van der Waals surface area contributed by atoms with E-state index < -0.39 is 5.97 Å². The first kappa shape index (κ1) is 11.7. The molecule has 1 aromatic rings. The van der Waals surface area contributed by atoms with Gasteiger partial charge in [-0.15, -0.1) is 0 Å². The third kappa shape index (κ3) is 2.67. The SMILES string of the molecule is CCN(CC1CC1)c1ncc(N)cc1C(=O)O. The lowest BCUT2D eigenvalue weighted by Crippen LogP contribution is -2.28. The van der Waals surface area contributed by atoms with E-state index >= 15 is 0 Å². The van der Waals surface area contributed by atoms with Gasteiger partial charge >= 0.3 is 5.97 Å². The van der Waals surface area contributed by atoms with Crippen molar-refractivity contribution >= 4 is 17.5 Å². The van der Waals surface area contributed by atoms with Gasteiger partial charge in [-0.1, -0.05) is 0 Å². The molecule has 0 unspecified atom stereocenters. The number of nitrogen functional groups attached to an aromatic ring is 1. The summed E-state index contributed by atoms with van der Waals surface area (Å²) in [4.78, 5) is 17.4. The van der Waals surface area contributed by atoms with E-state index in [2.05, 4.69) is 4.98 Å². The van der Waals surface area contributed by atoms with Gasteiger partial charge in [0, 0.05) is 13.1 Å². The molecule has 1 aliphatic rings. The van der Waals surface area contributed by atoms with Crippen LogP contribution in [0, 0.1) is 5.92 Å². The van der Waals surface area contributed by atoms with Gasteiger partial charge in [0.1, 0.15) is 11.4 Å². The van der Waals surface area contributed by atoms with Crippen LogP contribution < -0.4 is 10.6 Å². The van der Waals surface area contributed by atoms with Gasteiger partial charge in [0.2, 0.25) is 0 Å². The molecule has 0 saturated heterocycles. The lowest BCUT2D eigenvalue weighted by Gasteiger charge is -2.23. The number of hydrogen-bond donors (Lipinski definition) is 2. The van der Waals surface area contributed by atoms with Crippen molar-refractivity contribution < 1.29 is 9.90 Å². The molecule has 0 spiro atoms. The van der Waals surface area contributed by atoms with Crippen molar-refractivity contribution in [1.29, 1.82) is 0 Å².